The molecule has 0 heterocycles. The number of hydrogen-bond acceptors (Lipinski definition) is 1. The first-order valence-electron chi connectivity index (χ1n) is 4.61. The number of rotatable bonds is 3. The van der Waals surface area contributed by atoms with Gasteiger partial charge in [0, 0.05) is 14.1 Å². The lowest BCUT2D eigenvalue weighted by molar-refractivity contribution is 0.921. The first-order valence-corrected chi connectivity index (χ1v) is 4.98. The van der Waals surface area contributed by atoms with Gasteiger partial charge in [-0.1, -0.05) is 31.0 Å². The number of nitrogens with zero attached hydrogens (tertiary/aromatic N) is 1. The number of benzene rings is 1. The Morgan fingerprint density at radius 2 is 2.00 bits per heavy atom. The van der Waals surface area contributed by atoms with Crippen LogP contribution in [0, 0.1) is 0 Å². The smallest absolute Gasteiger partial charge is 0.0642 e. The van der Waals surface area contributed by atoms with Crippen LogP contribution in [0.4, 0.5) is 5.69 Å². The zero-order valence-corrected chi connectivity index (χ0v) is 9.23. The van der Waals surface area contributed by atoms with Crippen molar-refractivity contribution in [1.82, 2.24) is 0 Å². The molecule has 0 fully saturated rings. The second-order valence-electron chi connectivity index (χ2n) is 3.43. The normalized spacial score (nSPS) is 10.2. The highest BCUT2D eigenvalue weighted by atomic mass is 35.5. The number of hydrogen-bond donors (Lipinski definition) is 0. The summed E-state index contributed by atoms with van der Waals surface area (Å²) in [5.74, 6) is 0. The summed E-state index contributed by atoms with van der Waals surface area (Å²) in [5.41, 5.74) is 2.40. The van der Waals surface area contributed by atoms with Crippen molar-refractivity contribution in [1.29, 1.82) is 0 Å². The fraction of sp³-hybridized carbons (Fsp3) is 0.455. The molecule has 0 saturated carbocycles. The van der Waals surface area contributed by atoms with Gasteiger partial charge in [0.05, 0.1) is 10.7 Å². The SMILES string of the molecule is CCCc1ccc(N(C)C)c(Cl)c1. The Morgan fingerprint density at radius 3 is 2.46 bits per heavy atom. The molecular formula is C11H16ClN. The zero-order chi connectivity index (χ0) is 9.84. The van der Waals surface area contributed by atoms with Crippen LogP contribution in [0.1, 0.15) is 18.9 Å². The van der Waals surface area contributed by atoms with Gasteiger partial charge in [0.1, 0.15) is 0 Å². The van der Waals surface area contributed by atoms with Gasteiger partial charge >= 0.3 is 0 Å². The molecule has 72 valence electrons. The molecule has 0 unspecified atom stereocenters. The summed E-state index contributed by atoms with van der Waals surface area (Å²) < 4.78 is 0. The molecular weight excluding hydrogens is 182 g/mol. The van der Waals surface area contributed by atoms with Crippen molar-refractivity contribution in [2.75, 3.05) is 19.0 Å². The van der Waals surface area contributed by atoms with E-state index in [1.54, 1.807) is 0 Å². The molecule has 0 bridgehead atoms. The Hall–Kier alpha value is -0.690. The van der Waals surface area contributed by atoms with E-state index in [-0.39, 0.29) is 0 Å². The Morgan fingerprint density at radius 1 is 1.31 bits per heavy atom. The summed E-state index contributed by atoms with van der Waals surface area (Å²) in [7, 11) is 4.00. The molecule has 13 heavy (non-hydrogen) atoms. The van der Waals surface area contributed by atoms with Crippen LogP contribution in [0.2, 0.25) is 5.02 Å². The fourth-order valence-electron chi connectivity index (χ4n) is 1.36. The van der Waals surface area contributed by atoms with Gasteiger partial charge in [0.15, 0.2) is 0 Å². The number of anilines is 1. The lowest BCUT2D eigenvalue weighted by Gasteiger charge is -2.14. The van der Waals surface area contributed by atoms with Crippen LogP contribution < -0.4 is 4.90 Å². The zero-order valence-electron chi connectivity index (χ0n) is 8.47. The van der Waals surface area contributed by atoms with Crippen molar-refractivity contribution in [2.45, 2.75) is 19.8 Å². The summed E-state index contributed by atoms with van der Waals surface area (Å²) >= 11 is 6.12. The summed E-state index contributed by atoms with van der Waals surface area (Å²) in [6, 6.07) is 6.28. The van der Waals surface area contributed by atoms with Gasteiger partial charge in [-0.05, 0) is 24.1 Å². The monoisotopic (exact) mass is 197 g/mol. The van der Waals surface area contributed by atoms with Gasteiger partial charge in [0.25, 0.3) is 0 Å². The lowest BCUT2D eigenvalue weighted by Crippen LogP contribution is -2.09. The molecule has 0 aliphatic rings. The second-order valence-corrected chi connectivity index (χ2v) is 3.84. The Kier molecular flexibility index (Phi) is 3.61. The number of aryl methyl sites for hydroxylation is 1. The van der Waals surface area contributed by atoms with Crippen LogP contribution in [0.3, 0.4) is 0 Å². The molecule has 0 atom stereocenters. The van der Waals surface area contributed by atoms with E-state index in [1.807, 2.05) is 19.0 Å². The third kappa shape index (κ3) is 2.63. The summed E-state index contributed by atoms with van der Waals surface area (Å²) in [5, 5.41) is 0.843. The quantitative estimate of drug-likeness (QED) is 0.719. The maximum atomic E-state index is 6.12. The van der Waals surface area contributed by atoms with E-state index in [1.165, 1.54) is 5.56 Å². The molecule has 2 heteroatoms. The third-order valence-electron chi connectivity index (χ3n) is 2.03. The summed E-state index contributed by atoms with van der Waals surface area (Å²) in [4.78, 5) is 2.03. The van der Waals surface area contributed by atoms with Gasteiger partial charge in [-0.2, -0.15) is 0 Å². The van der Waals surface area contributed by atoms with Gasteiger partial charge in [0.2, 0.25) is 0 Å². The molecule has 0 aliphatic heterocycles. The summed E-state index contributed by atoms with van der Waals surface area (Å²) in [6.07, 6.45) is 2.27. The minimum atomic E-state index is 0.843. The predicted molar refractivity (Wildman–Crippen MR) is 59.8 cm³/mol. The third-order valence-corrected chi connectivity index (χ3v) is 2.34. The highest BCUT2D eigenvalue weighted by Gasteiger charge is 2.02. The molecule has 0 aromatic heterocycles. The lowest BCUT2D eigenvalue weighted by atomic mass is 10.1. The average Bonchev–Trinajstić information content (AvgIpc) is 2.04. The number of halogens is 1. The van der Waals surface area contributed by atoms with Crippen molar-refractivity contribution < 1.29 is 0 Å². The first-order chi connectivity index (χ1) is 6.15. The van der Waals surface area contributed by atoms with Gasteiger partial charge in [-0.3, -0.25) is 0 Å². The van der Waals surface area contributed by atoms with Gasteiger partial charge < -0.3 is 4.90 Å². The molecule has 0 spiro atoms. The van der Waals surface area contributed by atoms with E-state index in [2.05, 4.69) is 25.1 Å². The van der Waals surface area contributed by atoms with E-state index in [0.29, 0.717) is 0 Å². The molecule has 0 radical (unpaired) electrons. The molecule has 0 saturated heterocycles. The molecule has 1 rings (SSSR count). The van der Waals surface area contributed by atoms with Crippen LogP contribution in [0.5, 0.6) is 0 Å². The standard InChI is InChI=1S/C11H16ClN/c1-4-5-9-6-7-11(13(2)3)10(12)8-9/h6-8H,4-5H2,1-3H3. The average molecular weight is 198 g/mol. The topological polar surface area (TPSA) is 3.24 Å². The molecule has 1 nitrogen and oxygen atoms in total. The Bertz CT molecular complexity index is 281. The summed E-state index contributed by atoms with van der Waals surface area (Å²) in [6.45, 7) is 2.17. The highest BCUT2D eigenvalue weighted by molar-refractivity contribution is 6.33. The Labute approximate surface area is 85.3 Å². The van der Waals surface area contributed by atoms with Crippen molar-refractivity contribution in [3.8, 4) is 0 Å². The van der Waals surface area contributed by atoms with E-state index < -0.39 is 0 Å². The van der Waals surface area contributed by atoms with E-state index in [4.69, 9.17) is 11.6 Å². The van der Waals surface area contributed by atoms with E-state index in [9.17, 15) is 0 Å². The van der Waals surface area contributed by atoms with E-state index in [0.717, 1.165) is 23.6 Å². The Balaban J connectivity index is 2.92. The van der Waals surface area contributed by atoms with Gasteiger partial charge in [-0.15, -0.1) is 0 Å². The van der Waals surface area contributed by atoms with Crippen molar-refractivity contribution in [3.63, 3.8) is 0 Å². The molecule has 1 aromatic carbocycles. The van der Waals surface area contributed by atoms with Crippen molar-refractivity contribution in [3.05, 3.63) is 28.8 Å². The molecule has 0 aliphatic carbocycles. The molecule has 1 aromatic rings. The molecule has 0 amide bonds. The predicted octanol–water partition coefficient (Wildman–Crippen LogP) is 3.36. The van der Waals surface area contributed by atoms with Crippen molar-refractivity contribution >= 4 is 17.3 Å². The van der Waals surface area contributed by atoms with Crippen LogP contribution in [0.15, 0.2) is 18.2 Å². The highest BCUT2D eigenvalue weighted by Crippen LogP contribution is 2.25. The van der Waals surface area contributed by atoms with E-state index >= 15 is 0 Å². The van der Waals surface area contributed by atoms with Crippen LogP contribution in [-0.4, -0.2) is 14.1 Å². The molecule has 0 N–H and O–H groups in total. The minimum absolute atomic E-state index is 0.843. The van der Waals surface area contributed by atoms with Crippen LogP contribution in [0.25, 0.3) is 0 Å². The van der Waals surface area contributed by atoms with Gasteiger partial charge in [-0.25, -0.2) is 0 Å². The fourth-order valence-corrected chi connectivity index (χ4v) is 1.73. The van der Waals surface area contributed by atoms with Crippen LogP contribution >= 0.6 is 11.6 Å². The maximum Gasteiger partial charge on any atom is 0.0642 e. The minimum Gasteiger partial charge on any atom is -0.376 e. The second kappa shape index (κ2) is 4.52. The van der Waals surface area contributed by atoms with Crippen molar-refractivity contribution in [2.24, 2.45) is 0 Å². The first kappa shape index (κ1) is 10.4. The van der Waals surface area contributed by atoms with Crippen LogP contribution in [-0.2, 0) is 6.42 Å². The maximum absolute atomic E-state index is 6.12. The largest absolute Gasteiger partial charge is 0.376 e.